The largest absolute Gasteiger partial charge is 0.466 e. The van der Waals surface area contributed by atoms with Gasteiger partial charge in [0.2, 0.25) is 0 Å². The SMILES string of the molecule is CCCCCCCOC(=O)CCN(C)C(=O)OC(C)(C)C. The lowest BCUT2D eigenvalue weighted by Crippen LogP contribution is -2.35. The molecule has 0 aromatic rings. The van der Waals surface area contributed by atoms with Crippen LogP contribution in [0.3, 0.4) is 0 Å². The first kappa shape index (κ1) is 19.7. The van der Waals surface area contributed by atoms with E-state index in [-0.39, 0.29) is 12.4 Å². The van der Waals surface area contributed by atoms with Crippen molar-refractivity contribution in [2.24, 2.45) is 0 Å². The number of rotatable bonds is 9. The highest BCUT2D eigenvalue weighted by atomic mass is 16.6. The Morgan fingerprint density at radius 2 is 1.67 bits per heavy atom. The van der Waals surface area contributed by atoms with Crippen LogP contribution in [0.15, 0.2) is 0 Å². The smallest absolute Gasteiger partial charge is 0.410 e. The van der Waals surface area contributed by atoms with Gasteiger partial charge in [-0.2, -0.15) is 0 Å². The first-order valence-electron chi connectivity index (χ1n) is 7.86. The van der Waals surface area contributed by atoms with E-state index < -0.39 is 11.7 Å². The second kappa shape index (κ2) is 10.5. The van der Waals surface area contributed by atoms with E-state index in [4.69, 9.17) is 9.47 Å². The first-order valence-corrected chi connectivity index (χ1v) is 7.86. The van der Waals surface area contributed by atoms with Crippen LogP contribution in [0.25, 0.3) is 0 Å². The van der Waals surface area contributed by atoms with Crippen LogP contribution in [0, 0.1) is 0 Å². The lowest BCUT2D eigenvalue weighted by atomic mass is 10.2. The minimum atomic E-state index is -0.523. The molecule has 0 heterocycles. The van der Waals surface area contributed by atoms with Crippen LogP contribution in [-0.4, -0.2) is 42.8 Å². The Morgan fingerprint density at radius 3 is 2.24 bits per heavy atom. The Hall–Kier alpha value is -1.26. The standard InChI is InChI=1S/C16H31NO4/c1-6-7-8-9-10-13-20-14(18)11-12-17(5)15(19)21-16(2,3)4/h6-13H2,1-5H3. The lowest BCUT2D eigenvalue weighted by Gasteiger charge is -2.24. The molecule has 0 radical (unpaired) electrons. The number of carbonyl (C=O) groups excluding carboxylic acids is 2. The van der Waals surface area contributed by atoms with Crippen LogP contribution < -0.4 is 0 Å². The van der Waals surface area contributed by atoms with Gasteiger partial charge in [-0.05, 0) is 27.2 Å². The van der Waals surface area contributed by atoms with Crippen molar-refractivity contribution in [2.45, 2.75) is 71.8 Å². The highest BCUT2D eigenvalue weighted by Crippen LogP contribution is 2.09. The summed E-state index contributed by atoms with van der Waals surface area (Å²) in [6, 6.07) is 0. The molecule has 0 aliphatic rings. The quantitative estimate of drug-likeness (QED) is 0.480. The predicted molar refractivity (Wildman–Crippen MR) is 83.2 cm³/mol. The van der Waals surface area contributed by atoms with E-state index in [0.29, 0.717) is 13.2 Å². The van der Waals surface area contributed by atoms with Crippen LogP contribution in [0.5, 0.6) is 0 Å². The summed E-state index contributed by atoms with van der Waals surface area (Å²) in [5.41, 5.74) is -0.523. The maximum Gasteiger partial charge on any atom is 0.410 e. The maximum absolute atomic E-state index is 11.7. The molecule has 124 valence electrons. The van der Waals surface area contributed by atoms with Gasteiger partial charge in [0, 0.05) is 13.6 Å². The average Bonchev–Trinajstić information content (AvgIpc) is 2.38. The van der Waals surface area contributed by atoms with Crippen molar-refractivity contribution in [2.75, 3.05) is 20.2 Å². The lowest BCUT2D eigenvalue weighted by molar-refractivity contribution is -0.144. The summed E-state index contributed by atoms with van der Waals surface area (Å²) in [5.74, 6) is -0.263. The number of hydrogen-bond acceptors (Lipinski definition) is 4. The third-order valence-electron chi connectivity index (χ3n) is 2.87. The highest BCUT2D eigenvalue weighted by molar-refractivity contribution is 5.72. The van der Waals surface area contributed by atoms with Gasteiger partial charge >= 0.3 is 12.1 Å². The van der Waals surface area contributed by atoms with Crippen LogP contribution in [-0.2, 0) is 14.3 Å². The summed E-state index contributed by atoms with van der Waals surface area (Å²) >= 11 is 0. The predicted octanol–water partition coefficient (Wildman–Crippen LogP) is 3.76. The third kappa shape index (κ3) is 12.2. The molecule has 0 saturated carbocycles. The molecule has 0 N–H and O–H groups in total. The number of nitrogens with zero attached hydrogens (tertiary/aromatic N) is 1. The highest BCUT2D eigenvalue weighted by Gasteiger charge is 2.20. The number of amides is 1. The molecular weight excluding hydrogens is 270 g/mol. The summed E-state index contributed by atoms with van der Waals surface area (Å²) in [7, 11) is 1.62. The number of ether oxygens (including phenoxy) is 2. The van der Waals surface area contributed by atoms with E-state index >= 15 is 0 Å². The van der Waals surface area contributed by atoms with Gasteiger partial charge in [-0.1, -0.05) is 32.6 Å². The number of carbonyl (C=O) groups is 2. The summed E-state index contributed by atoms with van der Waals surface area (Å²) in [4.78, 5) is 24.6. The summed E-state index contributed by atoms with van der Waals surface area (Å²) < 4.78 is 10.3. The van der Waals surface area contributed by atoms with Crippen molar-refractivity contribution in [3.63, 3.8) is 0 Å². The Morgan fingerprint density at radius 1 is 1.05 bits per heavy atom. The molecule has 0 spiro atoms. The molecule has 0 aromatic carbocycles. The monoisotopic (exact) mass is 301 g/mol. The molecule has 0 fully saturated rings. The Kier molecular flexibility index (Phi) is 9.84. The van der Waals surface area contributed by atoms with Crippen molar-refractivity contribution >= 4 is 12.1 Å². The van der Waals surface area contributed by atoms with E-state index in [1.54, 1.807) is 7.05 Å². The molecule has 21 heavy (non-hydrogen) atoms. The molecule has 0 atom stereocenters. The minimum Gasteiger partial charge on any atom is -0.466 e. The third-order valence-corrected chi connectivity index (χ3v) is 2.87. The van der Waals surface area contributed by atoms with Gasteiger partial charge in [-0.25, -0.2) is 4.79 Å². The molecule has 0 rings (SSSR count). The minimum absolute atomic E-state index is 0.199. The molecular formula is C16H31NO4. The summed E-state index contributed by atoms with van der Waals surface area (Å²) in [5, 5.41) is 0. The summed E-state index contributed by atoms with van der Waals surface area (Å²) in [6.07, 6.45) is 5.41. The van der Waals surface area contributed by atoms with E-state index in [1.165, 1.54) is 24.2 Å². The topological polar surface area (TPSA) is 55.8 Å². The van der Waals surface area contributed by atoms with Crippen LogP contribution in [0.2, 0.25) is 0 Å². The Bertz CT molecular complexity index is 310. The second-order valence-corrected chi connectivity index (χ2v) is 6.29. The van der Waals surface area contributed by atoms with Gasteiger partial charge in [0.25, 0.3) is 0 Å². The molecule has 0 unspecified atom stereocenters. The Balaban J connectivity index is 3.70. The molecule has 1 amide bonds. The van der Waals surface area contributed by atoms with Crippen molar-refractivity contribution in [1.29, 1.82) is 0 Å². The van der Waals surface area contributed by atoms with E-state index in [2.05, 4.69) is 6.92 Å². The van der Waals surface area contributed by atoms with Crippen LogP contribution in [0.1, 0.15) is 66.2 Å². The van der Waals surface area contributed by atoms with E-state index in [9.17, 15) is 9.59 Å². The van der Waals surface area contributed by atoms with Gasteiger partial charge in [0.15, 0.2) is 0 Å². The molecule has 0 bridgehead atoms. The fourth-order valence-corrected chi connectivity index (χ4v) is 1.65. The zero-order valence-corrected chi connectivity index (χ0v) is 14.2. The fourth-order valence-electron chi connectivity index (χ4n) is 1.65. The molecule has 5 nitrogen and oxygen atoms in total. The zero-order valence-electron chi connectivity index (χ0n) is 14.2. The van der Waals surface area contributed by atoms with Crippen molar-refractivity contribution in [3.05, 3.63) is 0 Å². The van der Waals surface area contributed by atoms with Crippen molar-refractivity contribution < 1.29 is 19.1 Å². The molecule has 0 aromatic heterocycles. The maximum atomic E-state index is 11.7. The van der Waals surface area contributed by atoms with Gasteiger partial charge in [0.1, 0.15) is 5.60 Å². The van der Waals surface area contributed by atoms with Gasteiger partial charge in [0.05, 0.1) is 13.0 Å². The Labute approximate surface area is 129 Å². The molecule has 0 saturated heterocycles. The van der Waals surface area contributed by atoms with Gasteiger partial charge in [-0.3, -0.25) is 4.79 Å². The van der Waals surface area contributed by atoms with E-state index in [1.807, 2.05) is 20.8 Å². The normalized spacial score (nSPS) is 11.1. The number of esters is 1. The summed E-state index contributed by atoms with van der Waals surface area (Å²) in [6.45, 7) is 8.38. The molecule has 0 aliphatic heterocycles. The number of hydrogen-bond donors (Lipinski definition) is 0. The van der Waals surface area contributed by atoms with Crippen LogP contribution in [0.4, 0.5) is 4.79 Å². The zero-order chi connectivity index (χ0) is 16.3. The fraction of sp³-hybridized carbons (Fsp3) is 0.875. The first-order chi connectivity index (χ1) is 9.76. The number of unbranched alkanes of at least 4 members (excludes halogenated alkanes) is 4. The van der Waals surface area contributed by atoms with Crippen molar-refractivity contribution in [3.8, 4) is 0 Å². The average molecular weight is 301 g/mol. The second-order valence-electron chi connectivity index (χ2n) is 6.29. The van der Waals surface area contributed by atoms with Gasteiger partial charge in [-0.15, -0.1) is 0 Å². The molecule has 0 aliphatic carbocycles. The van der Waals surface area contributed by atoms with Gasteiger partial charge < -0.3 is 14.4 Å². The molecule has 5 heteroatoms. The van der Waals surface area contributed by atoms with E-state index in [0.717, 1.165) is 12.8 Å². The van der Waals surface area contributed by atoms with Crippen molar-refractivity contribution in [1.82, 2.24) is 4.90 Å². The van der Waals surface area contributed by atoms with Crippen LogP contribution >= 0.6 is 0 Å².